The van der Waals surface area contributed by atoms with Crippen molar-refractivity contribution in [3.63, 3.8) is 0 Å². The van der Waals surface area contributed by atoms with Crippen LogP contribution in [0, 0.1) is 0 Å². The third-order valence-electron chi connectivity index (χ3n) is 2.96. The lowest BCUT2D eigenvalue weighted by molar-refractivity contribution is -0.129. The second-order valence-corrected chi connectivity index (χ2v) is 7.03. The van der Waals surface area contributed by atoms with Crippen LogP contribution in [0.2, 0.25) is 0 Å². The second kappa shape index (κ2) is 6.90. The summed E-state index contributed by atoms with van der Waals surface area (Å²) in [5, 5.41) is 0. The molecule has 0 saturated heterocycles. The van der Waals surface area contributed by atoms with Gasteiger partial charge in [0.05, 0.1) is 23.9 Å². The maximum Gasteiger partial charge on any atom is 0.227 e. The zero-order valence-electron chi connectivity index (χ0n) is 11.4. The Hall–Kier alpha value is -1.33. The normalized spacial score (nSPS) is 10.3. The van der Waals surface area contributed by atoms with Crippen molar-refractivity contribution in [3.8, 4) is 5.75 Å². The standard InChI is InChI=1S/C15H16BrNO2S/c1-17(10-13-7-8-14(16)20-13)15(18)9-11-3-5-12(19-2)6-4-11/h3-8H,9-10H2,1-2H3. The summed E-state index contributed by atoms with van der Waals surface area (Å²) in [5.74, 6) is 0.915. The lowest BCUT2D eigenvalue weighted by Gasteiger charge is -2.16. The van der Waals surface area contributed by atoms with E-state index in [1.807, 2.05) is 43.4 Å². The van der Waals surface area contributed by atoms with Crippen LogP contribution in [0.1, 0.15) is 10.4 Å². The highest BCUT2D eigenvalue weighted by molar-refractivity contribution is 9.11. The molecule has 5 heteroatoms. The number of carbonyl (C=O) groups excluding carboxylic acids is 1. The van der Waals surface area contributed by atoms with Gasteiger partial charge in [0.1, 0.15) is 5.75 Å². The number of halogens is 1. The first kappa shape index (κ1) is 15.1. The molecule has 0 radical (unpaired) electrons. The molecule has 1 aromatic heterocycles. The van der Waals surface area contributed by atoms with Crippen molar-refractivity contribution >= 4 is 33.2 Å². The minimum atomic E-state index is 0.111. The summed E-state index contributed by atoms with van der Waals surface area (Å²) in [7, 11) is 3.46. The number of thiophene rings is 1. The van der Waals surface area contributed by atoms with Gasteiger partial charge >= 0.3 is 0 Å². The highest BCUT2D eigenvalue weighted by Crippen LogP contribution is 2.23. The number of ether oxygens (including phenoxy) is 1. The van der Waals surface area contributed by atoms with E-state index in [0.717, 1.165) is 15.1 Å². The van der Waals surface area contributed by atoms with Gasteiger partial charge in [-0.3, -0.25) is 4.79 Å². The molecule has 20 heavy (non-hydrogen) atoms. The number of methoxy groups -OCH3 is 1. The first-order valence-corrected chi connectivity index (χ1v) is 7.80. The van der Waals surface area contributed by atoms with Gasteiger partial charge in [-0.15, -0.1) is 11.3 Å². The van der Waals surface area contributed by atoms with Gasteiger partial charge in [-0.05, 0) is 45.8 Å². The predicted octanol–water partition coefficient (Wildman–Crippen LogP) is 3.72. The van der Waals surface area contributed by atoms with Crippen LogP contribution in [0.4, 0.5) is 0 Å². The summed E-state index contributed by atoms with van der Waals surface area (Å²) >= 11 is 5.08. The summed E-state index contributed by atoms with van der Waals surface area (Å²) in [6.45, 7) is 0.644. The van der Waals surface area contributed by atoms with Crippen molar-refractivity contribution in [2.24, 2.45) is 0 Å². The predicted molar refractivity (Wildman–Crippen MR) is 85.2 cm³/mol. The van der Waals surface area contributed by atoms with Crippen LogP contribution < -0.4 is 4.74 Å². The molecule has 0 atom stereocenters. The molecule has 0 spiro atoms. The number of amides is 1. The Balaban J connectivity index is 1.93. The van der Waals surface area contributed by atoms with Gasteiger partial charge in [-0.2, -0.15) is 0 Å². The molecule has 1 amide bonds. The van der Waals surface area contributed by atoms with E-state index in [0.29, 0.717) is 13.0 Å². The molecule has 0 aliphatic rings. The van der Waals surface area contributed by atoms with E-state index in [4.69, 9.17) is 4.74 Å². The summed E-state index contributed by atoms with van der Waals surface area (Å²) in [5.41, 5.74) is 0.995. The molecule has 0 bridgehead atoms. The Morgan fingerprint density at radius 1 is 1.25 bits per heavy atom. The molecule has 0 saturated carbocycles. The number of benzene rings is 1. The van der Waals surface area contributed by atoms with E-state index < -0.39 is 0 Å². The van der Waals surface area contributed by atoms with E-state index >= 15 is 0 Å². The van der Waals surface area contributed by atoms with Gasteiger partial charge in [0.25, 0.3) is 0 Å². The number of hydrogen-bond acceptors (Lipinski definition) is 3. The molecule has 0 N–H and O–H groups in total. The molecule has 106 valence electrons. The van der Waals surface area contributed by atoms with E-state index in [2.05, 4.69) is 15.9 Å². The maximum atomic E-state index is 12.2. The van der Waals surface area contributed by atoms with Gasteiger partial charge in [0.2, 0.25) is 5.91 Å². The zero-order chi connectivity index (χ0) is 14.5. The van der Waals surface area contributed by atoms with Gasteiger partial charge in [-0.25, -0.2) is 0 Å². The molecule has 0 fully saturated rings. The Kier molecular flexibility index (Phi) is 5.20. The zero-order valence-corrected chi connectivity index (χ0v) is 13.8. The number of nitrogens with zero attached hydrogens (tertiary/aromatic N) is 1. The molecule has 3 nitrogen and oxygen atoms in total. The topological polar surface area (TPSA) is 29.5 Å². The molecule has 0 aliphatic carbocycles. The van der Waals surface area contributed by atoms with Crippen LogP contribution in [0.25, 0.3) is 0 Å². The van der Waals surface area contributed by atoms with Crippen molar-refractivity contribution in [1.82, 2.24) is 4.90 Å². The minimum Gasteiger partial charge on any atom is -0.497 e. The number of likely N-dealkylation sites (N-methyl/N-ethyl adjacent to an activating group) is 1. The van der Waals surface area contributed by atoms with Gasteiger partial charge in [0.15, 0.2) is 0 Å². The van der Waals surface area contributed by atoms with Crippen molar-refractivity contribution in [3.05, 3.63) is 50.6 Å². The van der Waals surface area contributed by atoms with Crippen LogP contribution >= 0.6 is 27.3 Å². The Bertz CT molecular complexity index is 580. The summed E-state index contributed by atoms with van der Waals surface area (Å²) in [6.07, 6.45) is 0.410. The molecule has 2 rings (SSSR count). The monoisotopic (exact) mass is 353 g/mol. The molecule has 1 heterocycles. The molecule has 2 aromatic rings. The Labute approximate surface area is 131 Å². The van der Waals surface area contributed by atoms with E-state index in [1.54, 1.807) is 23.3 Å². The van der Waals surface area contributed by atoms with Crippen molar-refractivity contribution in [2.75, 3.05) is 14.2 Å². The van der Waals surface area contributed by atoms with Crippen molar-refractivity contribution < 1.29 is 9.53 Å². The fourth-order valence-corrected chi connectivity index (χ4v) is 3.35. The van der Waals surface area contributed by atoms with Gasteiger partial charge < -0.3 is 9.64 Å². The second-order valence-electron chi connectivity index (χ2n) is 4.48. The van der Waals surface area contributed by atoms with Crippen LogP contribution in [0.3, 0.4) is 0 Å². The van der Waals surface area contributed by atoms with Crippen LogP contribution in [0.15, 0.2) is 40.2 Å². The third kappa shape index (κ3) is 4.08. The molecule has 0 unspecified atom stereocenters. The quantitative estimate of drug-likeness (QED) is 0.819. The molecular weight excluding hydrogens is 338 g/mol. The fraction of sp³-hybridized carbons (Fsp3) is 0.267. The highest BCUT2D eigenvalue weighted by Gasteiger charge is 2.11. The van der Waals surface area contributed by atoms with Crippen LogP contribution in [-0.4, -0.2) is 25.0 Å². The van der Waals surface area contributed by atoms with Crippen molar-refractivity contribution in [1.29, 1.82) is 0 Å². The average molecular weight is 354 g/mol. The van der Waals surface area contributed by atoms with Crippen molar-refractivity contribution in [2.45, 2.75) is 13.0 Å². The molecule has 0 aliphatic heterocycles. The van der Waals surface area contributed by atoms with Crippen LogP contribution in [-0.2, 0) is 17.8 Å². The molecule has 1 aromatic carbocycles. The minimum absolute atomic E-state index is 0.111. The Morgan fingerprint density at radius 3 is 2.50 bits per heavy atom. The van der Waals surface area contributed by atoms with E-state index in [-0.39, 0.29) is 5.91 Å². The third-order valence-corrected chi connectivity index (χ3v) is 4.57. The first-order chi connectivity index (χ1) is 9.58. The van der Waals surface area contributed by atoms with E-state index in [1.165, 1.54) is 4.88 Å². The summed E-state index contributed by atoms with van der Waals surface area (Å²) < 4.78 is 6.19. The number of carbonyl (C=O) groups is 1. The average Bonchev–Trinajstić information content (AvgIpc) is 2.85. The van der Waals surface area contributed by atoms with Gasteiger partial charge in [-0.1, -0.05) is 12.1 Å². The van der Waals surface area contributed by atoms with E-state index in [9.17, 15) is 4.79 Å². The summed E-state index contributed by atoms with van der Waals surface area (Å²) in [6, 6.07) is 11.6. The summed E-state index contributed by atoms with van der Waals surface area (Å²) in [4.78, 5) is 15.1. The largest absolute Gasteiger partial charge is 0.497 e. The molecular formula is C15H16BrNO2S. The lowest BCUT2D eigenvalue weighted by atomic mass is 10.1. The number of hydrogen-bond donors (Lipinski definition) is 0. The first-order valence-electron chi connectivity index (χ1n) is 6.19. The Morgan fingerprint density at radius 2 is 1.95 bits per heavy atom. The highest BCUT2D eigenvalue weighted by atomic mass is 79.9. The van der Waals surface area contributed by atoms with Crippen LogP contribution in [0.5, 0.6) is 5.75 Å². The smallest absolute Gasteiger partial charge is 0.227 e. The maximum absolute atomic E-state index is 12.2. The van der Waals surface area contributed by atoms with Gasteiger partial charge in [0, 0.05) is 11.9 Å². The lowest BCUT2D eigenvalue weighted by Crippen LogP contribution is -2.27. The SMILES string of the molecule is COc1ccc(CC(=O)N(C)Cc2ccc(Br)s2)cc1. The fourth-order valence-electron chi connectivity index (χ4n) is 1.81. The number of rotatable bonds is 5.